The fourth-order valence-corrected chi connectivity index (χ4v) is 1.87. The van der Waals surface area contributed by atoms with Crippen LogP contribution >= 0.6 is 27.5 Å². The average Bonchev–Trinajstić information content (AvgIpc) is 2.02. The minimum Gasteiger partial charge on any atom is -0.397 e. The second-order valence-corrected chi connectivity index (χ2v) is 3.50. The normalized spacial score (nSPS) is 10.6. The van der Waals surface area contributed by atoms with Crippen molar-refractivity contribution < 1.29 is 13.6 Å². The van der Waals surface area contributed by atoms with Crippen LogP contribution in [0.2, 0.25) is 0 Å². The summed E-state index contributed by atoms with van der Waals surface area (Å²) < 4.78 is 24.5. The maximum Gasteiger partial charge on any atom is 0.281 e. The Bertz CT molecular complexity index is 386. The minimum absolute atomic E-state index is 0.0405. The first-order valence-corrected chi connectivity index (χ1v) is 4.54. The molecule has 0 spiro atoms. The zero-order valence-electron chi connectivity index (χ0n) is 6.60. The van der Waals surface area contributed by atoms with Crippen LogP contribution in [0.1, 0.15) is 22.5 Å². The van der Waals surface area contributed by atoms with Crippen LogP contribution in [0.4, 0.5) is 14.5 Å². The molecule has 76 valence electrons. The van der Waals surface area contributed by atoms with Gasteiger partial charge < -0.3 is 5.73 Å². The summed E-state index contributed by atoms with van der Waals surface area (Å²) in [6.45, 7) is 0. The molecule has 14 heavy (non-hydrogen) atoms. The van der Waals surface area contributed by atoms with Crippen molar-refractivity contribution in [1.82, 2.24) is 4.98 Å². The van der Waals surface area contributed by atoms with Crippen LogP contribution in [0.15, 0.2) is 10.7 Å². The van der Waals surface area contributed by atoms with Crippen LogP contribution in [0, 0.1) is 0 Å². The zero-order chi connectivity index (χ0) is 10.9. The fourth-order valence-electron chi connectivity index (χ4n) is 0.867. The molecule has 1 aromatic rings. The Morgan fingerprint density at radius 3 is 2.64 bits per heavy atom. The molecule has 0 unspecified atom stereocenters. The van der Waals surface area contributed by atoms with E-state index in [2.05, 4.69) is 20.9 Å². The van der Waals surface area contributed by atoms with Crippen molar-refractivity contribution in [2.45, 2.75) is 6.43 Å². The van der Waals surface area contributed by atoms with Gasteiger partial charge in [0.2, 0.25) is 0 Å². The quantitative estimate of drug-likeness (QED) is 0.850. The van der Waals surface area contributed by atoms with E-state index in [1.54, 1.807) is 0 Å². The molecule has 0 aliphatic carbocycles. The van der Waals surface area contributed by atoms with E-state index in [0.29, 0.717) is 0 Å². The lowest BCUT2D eigenvalue weighted by Crippen LogP contribution is -2.04. The Morgan fingerprint density at radius 2 is 2.21 bits per heavy atom. The molecule has 1 heterocycles. The molecule has 2 N–H and O–H groups in total. The molecule has 1 aromatic heterocycles. The topological polar surface area (TPSA) is 56.0 Å². The number of nitrogen functional groups attached to an aromatic ring is 1. The van der Waals surface area contributed by atoms with Gasteiger partial charge in [-0.05, 0) is 27.5 Å². The molecule has 0 aromatic carbocycles. The maximum absolute atomic E-state index is 12.3. The van der Waals surface area contributed by atoms with Crippen molar-refractivity contribution in [3.8, 4) is 0 Å². The number of carbonyl (C=O) groups excluding carboxylic acids is 1. The maximum atomic E-state index is 12.3. The van der Waals surface area contributed by atoms with E-state index < -0.39 is 17.4 Å². The first kappa shape index (κ1) is 11.3. The summed E-state index contributed by atoms with van der Waals surface area (Å²) in [4.78, 5) is 14.2. The molecule has 0 saturated carbocycles. The summed E-state index contributed by atoms with van der Waals surface area (Å²) in [6, 6.07) is 0. The number of aromatic nitrogens is 1. The highest BCUT2D eigenvalue weighted by Gasteiger charge is 2.21. The predicted molar refractivity (Wildman–Crippen MR) is 51.5 cm³/mol. The number of halogens is 4. The van der Waals surface area contributed by atoms with Crippen LogP contribution in [-0.4, -0.2) is 10.2 Å². The van der Waals surface area contributed by atoms with Crippen LogP contribution in [0.5, 0.6) is 0 Å². The SMILES string of the molecule is Nc1cnc(C(F)F)c(Br)c1C(=O)Cl. The molecule has 0 fully saturated rings. The van der Waals surface area contributed by atoms with Crippen molar-refractivity contribution in [3.63, 3.8) is 0 Å². The molecule has 0 saturated heterocycles. The first-order chi connectivity index (χ1) is 6.45. The van der Waals surface area contributed by atoms with E-state index in [-0.39, 0.29) is 15.7 Å². The summed E-state index contributed by atoms with van der Waals surface area (Å²) >= 11 is 7.97. The van der Waals surface area contributed by atoms with Gasteiger partial charge in [0.05, 0.1) is 21.9 Å². The van der Waals surface area contributed by atoms with Gasteiger partial charge in [-0.3, -0.25) is 9.78 Å². The van der Waals surface area contributed by atoms with Crippen LogP contribution in [-0.2, 0) is 0 Å². The Kier molecular flexibility index (Phi) is 3.38. The number of alkyl halides is 2. The molecule has 1 rings (SSSR count). The molecule has 0 bridgehead atoms. The largest absolute Gasteiger partial charge is 0.397 e. The number of rotatable bonds is 2. The Hall–Kier alpha value is -0.750. The lowest BCUT2D eigenvalue weighted by Gasteiger charge is -2.07. The van der Waals surface area contributed by atoms with Crippen LogP contribution in [0.3, 0.4) is 0 Å². The summed E-state index contributed by atoms with van der Waals surface area (Å²) in [6.07, 6.45) is -1.82. The first-order valence-electron chi connectivity index (χ1n) is 3.37. The number of hydrogen-bond acceptors (Lipinski definition) is 3. The van der Waals surface area contributed by atoms with Gasteiger partial charge >= 0.3 is 0 Å². The summed E-state index contributed by atoms with van der Waals surface area (Å²) in [5, 5.41) is -0.904. The summed E-state index contributed by atoms with van der Waals surface area (Å²) in [5.74, 6) is 0. The average molecular weight is 285 g/mol. The number of pyridine rings is 1. The minimum atomic E-state index is -2.79. The third-order valence-corrected chi connectivity index (χ3v) is 2.47. The molecule has 0 aliphatic heterocycles. The van der Waals surface area contributed by atoms with Gasteiger partial charge in [-0.25, -0.2) is 8.78 Å². The van der Waals surface area contributed by atoms with Crippen molar-refractivity contribution >= 4 is 38.5 Å². The van der Waals surface area contributed by atoms with E-state index >= 15 is 0 Å². The Balaban J connectivity index is 3.41. The lowest BCUT2D eigenvalue weighted by atomic mass is 10.2. The zero-order valence-corrected chi connectivity index (χ0v) is 8.94. The monoisotopic (exact) mass is 284 g/mol. The van der Waals surface area contributed by atoms with Crippen molar-refractivity contribution in [3.05, 3.63) is 21.9 Å². The van der Waals surface area contributed by atoms with Crippen molar-refractivity contribution in [1.29, 1.82) is 0 Å². The number of anilines is 1. The second kappa shape index (κ2) is 4.18. The number of nitrogens with two attached hydrogens (primary N) is 1. The summed E-state index contributed by atoms with van der Waals surface area (Å²) in [7, 11) is 0. The molecule has 0 amide bonds. The number of carbonyl (C=O) groups is 1. The molecule has 0 aliphatic rings. The molecule has 0 atom stereocenters. The van der Waals surface area contributed by atoms with Crippen LogP contribution in [0.25, 0.3) is 0 Å². The third kappa shape index (κ3) is 2.01. The molecular weight excluding hydrogens is 281 g/mol. The van der Waals surface area contributed by atoms with E-state index in [4.69, 9.17) is 17.3 Å². The Morgan fingerprint density at radius 1 is 1.64 bits per heavy atom. The highest BCUT2D eigenvalue weighted by Crippen LogP contribution is 2.31. The van der Waals surface area contributed by atoms with Crippen molar-refractivity contribution in [2.75, 3.05) is 5.73 Å². The van der Waals surface area contributed by atoms with Gasteiger partial charge in [-0.15, -0.1) is 0 Å². The molecule has 3 nitrogen and oxygen atoms in total. The second-order valence-electron chi connectivity index (χ2n) is 2.36. The van der Waals surface area contributed by atoms with E-state index in [0.717, 1.165) is 6.20 Å². The van der Waals surface area contributed by atoms with E-state index in [9.17, 15) is 13.6 Å². The molecule has 0 radical (unpaired) electrons. The van der Waals surface area contributed by atoms with Gasteiger partial charge in [0.15, 0.2) is 0 Å². The standard InChI is InChI=1S/C7H4BrClF2N2O/c8-4-3(6(9)14)2(12)1-13-5(4)7(10)11/h1,7H,12H2. The molecular formula is C7H4BrClF2N2O. The van der Waals surface area contributed by atoms with E-state index in [1.165, 1.54) is 0 Å². The number of hydrogen-bond donors (Lipinski definition) is 1. The summed E-state index contributed by atoms with van der Waals surface area (Å²) in [5.41, 5.74) is 4.57. The number of nitrogens with zero attached hydrogens (tertiary/aromatic N) is 1. The third-order valence-electron chi connectivity index (χ3n) is 1.48. The van der Waals surface area contributed by atoms with Gasteiger partial charge in [-0.2, -0.15) is 0 Å². The smallest absolute Gasteiger partial charge is 0.281 e. The van der Waals surface area contributed by atoms with E-state index in [1.807, 2.05) is 0 Å². The van der Waals surface area contributed by atoms with Gasteiger partial charge in [0.1, 0.15) is 5.69 Å². The Labute approximate surface area is 91.4 Å². The molecule has 7 heteroatoms. The van der Waals surface area contributed by atoms with Gasteiger partial charge in [0, 0.05) is 0 Å². The van der Waals surface area contributed by atoms with Gasteiger partial charge in [0.25, 0.3) is 11.7 Å². The highest BCUT2D eigenvalue weighted by molar-refractivity contribution is 9.10. The van der Waals surface area contributed by atoms with Crippen LogP contribution < -0.4 is 5.73 Å². The predicted octanol–water partition coefficient (Wildman–Crippen LogP) is 2.74. The van der Waals surface area contributed by atoms with Crippen molar-refractivity contribution in [2.24, 2.45) is 0 Å². The van der Waals surface area contributed by atoms with Gasteiger partial charge in [-0.1, -0.05) is 0 Å². The lowest BCUT2D eigenvalue weighted by molar-refractivity contribution is 0.108. The highest BCUT2D eigenvalue weighted by atomic mass is 79.9. The fraction of sp³-hybridized carbons (Fsp3) is 0.143.